The van der Waals surface area contributed by atoms with Gasteiger partial charge in [-0.2, -0.15) is 11.3 Å². The van der Waals surface area contributed by atoms with Crippen LogP contribution in [0.4, 0.5) is 0 Å². The molecular weight excluding hydrogens is 281 g/mol. The number of thiophene rings is 1. The lowest BCUT2D eigenvalue weighted by Crippen LogP contribution is -2.39. The molecule has 0 radical (unpaired) electrons. The summed E-state index contributed by atoms with van der Waals surface area (Å²) in [5.41, 5.74) is -0.271. The molecule has 1 aliphatic rings. The Kier molecular flexibility index (Phi) is 3.42. The Bertz CT molecular complexity index is 417. The van der Waals surface area contributed by atoms with Crippen molar-refractivity contribution in [2.24, 2.45) is 5.92 Å². The molecule has 0 spiro atoms. The zero-order valence-corrected chi connectivity index (χ0v) is 11.6. The largest absolute Gasteiger partial charge is 0.384 e. The molecule has 0 saturated heterocycles. The number of nitrogens with one attached hydrogen (secondary N) is 1. The Labute approximate surface area is 114 Å². The summed E-state index contributed by atoms with van der Waals surface area (Å²) in [5, 5.41) is 16.6. The van der Waals surface area contributed by atoms with Gasteiger partial charge in [0.25, 0.3) is 0 Å². The molecule has 1 aromatic heterocycles. The van der Waals surface area contributed by atoms with E-state index in [0.29, 0.717) is 6.42 Å². The van der Waals surface area contributed by atoms with Gasteiger partial charge in [0.1, 0.15) is 9.93 Å². The molecule has 1 saturated carbocycles. The van der Waals surface area contributed by atoms with Crippen LogP contribution in [-0.4, -0.2) is 21.9 Å². The van der Waals surface area contributed by atoms with Crippen molar-refractivity contribution in [3.63, 3.8) is 0 Å². The first kappa shape index (κ1) is 13.1. The van der Waals surface area contributed by atoms with Crippen molar-refractivity contribution in [1.29, 1.82) is 0 Å². The molecule has 1 aromatic rings. The first-order valence-corrected chi connectivity index (χ1v) is 6.93. The van der Waals surface area contributed by atoms with Crippen LogP contribution in [0.25, 0.3) is 0 Å². The fraction of sp³-hybridized carbons (Fsp3) is 0.545. The zero-order valence-electron chi connectivity index (χ0n) is 9.24. The van der Waals surface area contributed by atoms with Crippen LogP contribution in [-0.2, 0) is 10.4 Å². The maximum Gasteiger partial charge on any atom is 0.226 e. The molecule has 1 fully saturated rings. The molecule has 94 valence electrons. The first-order valence-electron chi connectivity index (χ1n) is 5.23. The Hall–Kier alpha value is -0.290. The minimum atomic E-state index is -1.06. The third-order valence-electron chi connectivity index (χ3n) is 2.89. The van der Waals surface area contributed by atoms with Gasteiger partial charge in [-0.05, 0) is 35.7 Å². The third kappa shape index (κ3) is 2.94. The molecule has 3 nitrogen and oxygen atoms in total. The van der Waals surface area contributed by atoms with E-state index in [2.05, 4.69) is 5.32 Å². The highest BCUT2D eigenvalue weighted by Gasteiger charge is 2.56. The number of hydrogen-bond acceptors (Lipinski definition) is 3. The predicted molar refractivity (Wildman–Crippen MR) is 69.4 cm³/mol. The number of alkyl halides is 2. The van der Waals surface area contributed by atoms with Crippen molar-refractivity contribution in [3.05, 3.63) is 22.4 Å². The van der Waals surface area contributed by atoms with Crippen molar-refractivity contribution in [2.75, 3.05) is 6.54 Å². The molecule has 6 heteroatoms. The highest BCUT2D eigenvalue weighted by atomic mass is 35.5. The molecule has 2 N–H and O–H groups in total. The van der Waals surface area contributed by atoms with Gasteiger partial charge in [0.2, 0.25) is 5.91 Å². The van der Waals surface area contributed by atoms with E-state index in [1.165, 1.54) is 11.3 Å². The van der Waals surface area contributed by atoms with Gasteiger partial charge in [0.15, 0.2) is 0 Å². The average molecular weight is 294 g/mol. The van der Waals surface area contributed by atoms with Crippen molar-refractivity contribution < 1.29 is 9.90 Å². The molecule has 1 amide bonds. The Balaban J connectivity index is 1.88. The fourth-order valence-electron chi connectivity index (χ4n) is 1.55. The number of amides is 1. The Morgan fingerprint density at radius 3 is 2.88 bits per heavy atom. The summed E-state index contributed by atoms with van der Waals surface area (Å²) < 4.78 is -0.918. The second-order valence-corrected chi connectivity index (χ2v) is 6.84. The normalized spacial score (nSPS) is 25.1. The van der Waals surface area contributed by atoms with Crippen LogP contribution in [0.2, 0.25) is 0 Å². The monoisotopic (exact) mass is 293 g/mol. The number of carbonyl (C=O) groups is 1. The van der Waals surface area contributed by atoms with Crippen LogP contribution < -0.4 is 5.32 Å². The topological polar surface area (TPSA) is 49.3 Å². The zero-order chi connectivity index (χ0) is 12.7. The molecule has 0 aliphatic heterocycles. The van der Waals surface area contributed by atoms with E-state index in [9.17, 15) is 9.90 Å². The minimum absolute atomic E-state index is 0.156. The van der Waals surface area contributed by atoms with E-state index in [1.54, 1.807) is 6.92 Å². The summed E-state index contributed by atoms with van der Waals surface area (Å²) in [6.07, 6.45) is 0.475. The van der Waals surface area contributed by atoms with Crippen molar-refractivity contribution in [3.8, 4) is 0 Å². The Morgan fingerprint density at radius 1 is 1.76 bits per heavy atom. The standard InChI is InChI=1S/C11H13Cl2NO2S/c1-10(16,7-2-3-17-5-7)6-14-9(15)8-4-11(8,12)13/h2-3,5,8,16H,4,6H2,1H3,(H,14,15)/t8-,10-/m1/s1. The molecule has 17 heavy (non-hydrogen) atoms. The summed E-state index contributed by atoms with van der Waals surface area (Å²) in [7, 11) is 0. The third-order valence-corrected chi connectivity index (χ3v) is 4.41. The van der Waals surface area contributed by atoms with Gasteiger partial charge in [0, 0.05) is 0 Å². The quantitative estimate of drug-likeness (QED) is 0.837. The lowest BCUT2D eigenvalue weighted by molar-refractivity contribution is -0.123. The van der Waals surface area contributed by atoms with E-state index in [-0.39, 0.29) is 18.4 Å². The summed E-state index contributed by atoms with van der Waals surface area (Å²) in [5.74, 6) is -0.561. The molecular formula is C11H13Cl2NO2S. The van der Waals surface area contributed by atoms with E-state index in [0.717, 1.165) is 5.56 Å². The fourth-order valence-corrected chi connectivity index (χ4v) is 2.84. The number of halogens is 2. The van der Waals surface area contributed by atoms with Crippen LogP contribution in [0.5, 0.6) is 0 Å². The molecule has 0 aromatic carbocycles. The SMILES string of the molecule is C[C@@](O)(CNC(=O)[C@H]1CC1(Cl)Cl)c1ccsc1. The van der Waals surface area contributed by atoms with E-state index in [4.69, 9.17) is 23.2 Å². The summed E-state index contributed by atoms with van der Waals surface area (Å²) in [6, 6.07) is 1.83. The van der Waals surface area contributed by atoms with E-state index >= 15 is 0 Å². The lowest BCUT2D eigenvalue weighted by atomic mass is 9.99. The number of aliphatic hydroxyl groups is 1. The van der Waals surface area contributed by atoms with Gasteiger partial charge in [-0.1, -0.05) is 0 Å². The second-order valence-electron chi connectivity index (χ2n) is 4.52. The lowest BCUT2D eigenvalue weighted by Gasteiger charge is -2.22. The molecule has 0 unspecified atom stereocenters. The predicted octanol–water partition coefficient (Wildman–Crippen LogP) is 2.27. The minimum Gasteiger partial charge on any atom is -0.384 e. The Morgan fingerprint density at radius 2 is 2.41 bits per heavy atom. The van der Waals surface area contributed by atoms with Gasteiger partial charge >= 0.3 is 0 Å². The first-order chi connectivity index (χ1) is 7.83. The van der Waals surface area contributed by atoms with Gasteiger partial charge < -0.3 is 10.4 Å². The molecule has 1 aliphatic carbocycles. The smallest absolute Gasteiger partial charge is 0.226 e. The van der Waals surface area contributed by atoms with Crippen LogP contribution in [0.3, 0.4) is 0 Å². The molecule has 2 atom stereocenters. The second kappa shape index (κ2) is 4.43. The number of rotatable bonds is 4. The summed E-state index contributed by atoms with van der Waals surface area (Å²) in [6.45, 7) is 1.82. The highest BCUT2D eigenvalue weighted by Crippen LogP contribution is 2.53. The van der Waals surface area contributed by atoms with Crippen LogP contribution >= 0.6 is 34.5 Å². The van der Waals surface area contributed by atoms with Gasteiger partial charge in [-0.15, -0.1) is 23.2 Å². The number of hydrogen-bond donors (Lipinski definition) is 2. The highest BCUT2D eigenvalue weighted by molar-refractivity contribution is 7.08. The maximum absolute atomic E-state index is 11.6. The van der Waals surface area contributed by atoms with Gasteiger partial charge in [-0.3, -0.25) is 4.79 Å². The van der Waals surface area contributed by atoms with E-state index < -0.39 is 9.93 Å². The summed E-state index contributed by atoms with van der Waals surface area (Å²) in [4.78, 5) is 11.6. The van der Waals surface area contributed by atoms with Crippen LogP contribution in [0.15, 0.2) is 16.8 Å². The van der Waals surface area contributed by atoms with Crippen molar-refractivity contribution >= 4 is 40.4 Å². The van der Waals surface area contributed by atoms with Crippen molar-refractivity contribution in [2.45, 2.75) is 23.3 Å². The maximum atomic E-state index is 11.6. The van der Waals surface area contributed by atoms with Crippen LogP contribution in [0.1, 0.15) is 18.9 Å². The molecule has 2 rings (SSSR count). The van der Waals surface area contributed by atoms with E-state index in [1.807, 2.05) is 16.8 Å². The van der Waals surface area contributed by atoms with Gasteiger partial charge in [-0.25, -0.2) is 0 Å². The van der Waals surface area contributed by atoms with Crippen molar-refractivity contribution in [1.82, 2.24) is 5.32 Å². The molecule has 1 heterocycles. The number of carbonyl (C=O) groups excluding carboxylic acids is 1. The van der Waals surface area contributed by atoms with Crippen LogP contribution in [0, 0.1) is 5.92 Å². The van der Waals surface area contributed by atoms with Gasteiger partial charge in [0.05, 0.1) is 12.5 Å². The average Bonchev–Trinajstić information content (AvgIpc) is 2.73. The summed E-state index contributed by atoms with van der Waals surface area (Å²) >= 11 is 13.1. The molecule has 0 bridgehead atoms.